The number of carbonyl (C=O) groups is 3. The van der Waals surface area contributed by atoms with Crippen molar-refractivity contribution in [2.24, 2.45) is 11.8 Å². The molecule has 17 heavy (non-hydrogen) atoms. The fourth-order valence-corrected chi connectivity index (χ4v) is 3.23. The van der Waals surface area contributed by atoms with E-state index in [0.29, 0.717) is 0 Å². The quantitative estimate of drug-likeness (QED) is 0.664. The molecule has 0 unspecified atom stereocenters. The molecule has 3 saturated heterocycles. The Hall–Kier alpha value is -1.43. The number of likely N-dealkylation sites (tertiary alicyclic amines) is 1. The van der Waals surface area contributed by atoms with Gasteiger partial charge in [-0.25, -0.2) is 4.79 Å². The lowest BCUT2D eigenvalue weighted by molar-refractivity contribution is -0.155. The zero-order chi connectivity index (χ0) is 12.3. The van der Waals surface area contributed by atoms with Gasteiger partial charge >= 0.3 is 5.97 Å². The summed E-state index contributed by atoms with van der Waals surface area (Å²) in [5.74, 6) is -2.78. The summed E-state index contributed by atoms with van der Waals surface area (Å²) >= 11 is 0. The number of fused-ring (bicyclic) bond motifs is 5. The first-order valence-corrected chi connectivity index (χ1v) is 5.77. The van der Waals surface area contributed by atoms with Crippen LogP contribution in [0.3, 0.4) is 0 Å². The Labute approximate surface area is 97.5 Å². The van der Waals surface area contributed by atoms with E-state index in [0.717, 1.165) is 17.7 Å². The predicted molar refractivity (Wildman–Crippen MR) is 53.8 cm³/mol. The van der Waals surface area contributed by atoms with Crippen LogP contribution in [0.5, 0.6) is 0 Å². The van der Waals surface area contributed by atoms with E-state index in [2.05, 4.69) is 0 Å². The van der Waals surface area contributed by atoms with Gasteiger partial charge in [0.2, 0.25) is 11.8 Å². The minimum atomic E-state index is -1.15. The van der Waals surface area contributed by atoms with Crippen LogP contribution in [0.15, 0.2) is 0 Å². The Bertz CT molecular complexity index is 392. The summed E-state index contributed by atoms with van der Waals surface area (Å²) < 4.78 is 5.55. The molecule has 2 amide bonds. The molecule has 3 fully saturated rings. The number of carbonyl (C=O) groups excluding carboxylic acids is 2. The fourth-order valence-electron chi connectivity index (χ4n) is 3.23. The number of nitrogens with zero attached hydrogens (tertiary/aromatic N) is 1. The predicted octanol–water partition coefficient (Wildman–Crippen LogP) is -0.378. The van der Waals surface area contributed by atoms with Gasteiger partial charge in [0.15, 0.2) is 0 Å². The highest BCUT2D eigenvalue weighted by molar-refractivity contribution is 6.08. The van der Waals surface area contributed by atoms with Gasteiger partial charge in [0.1, 0.15) is 6.04 Å². The Morgan fingerprint density at radius 3 is 2.18 bits per heavy atom. The Kier molecular flexibility index (Phi) is 2.07. The molecule has 3 aliphatic rings. The van der Waals surface area contributed by atoms with Crippen molar-refractivity contribution in [2.75, 3.05) is 0 Å². The van der Waals surface area contributed by atoms with E-state index in [-0.39, 0.29) is 24.0 Å². The van der Waals surface area contributed by atoms with Crippen LogP contribution in [0.2, 0.25) is 0 Å². The molecule has 2 bridgehead atoms. The molecule has 0 aliphatic carbocycles. The van der Waals surface area contributed by atoms with E-state index in [1.807, 2.05) is 0 Å². The molecule has 0 spiro atoms. The molecule has 92 valence electrons. The van der Waals surface area contributed by atoms with Crippen LogP contribution in [0.25, 0.3) is 0 Å². The number of aliphatic carboxylic acids is 1. The van der Waals surface area contributed by atoms with Crippen molar-refractivity contribution in [2.45, 2.75) is 38.0 Å². The van der Waals surface area contributed by atoms with E-state index >= 15 is 0 Å². The van der Waals surface area contributed by atoms with Gasteiger partial charge in [0.05, 0.1) is 24.0 Å². The van der Waals surface area contributed by atoms with Gasteiger partial charge in [0.25, 0.3) is 0 Å². The summed E-state index contributed by atoms with van der Waals surface area (Å²) in [6, 6.07) is -1.08. The maximum Gasteiger partial charge on any atom is 0.326 e. The first kappa shape index (κ1) is 10.7. The molecule has 5 atom stereocenters. The van der Waals surface area contributed by atoms with Crippen LogP contribution >= 0.6 is 0 Å². The highest BCUT2D eigenvalue weighted by atomic mass is 16.5. The van der Waals surface area contributed by atoms with Crippen molar-refractivity contribution in [1.29, 1.82) is 0 Å². The molecule has 3 aliphatic heterocycles. The highest BCUT2D eigenvalue weighted by Crippen LogP contribution is 2.48. The molecular weight excluding hydrogens is 226 g/mol. The number of ether oxygens (including phenoxy) is 1. The van der Waals surface area contributed by atoms with E-state index in [1.165, 1.54) is 6.92 Å². The lowest BCUT2D eigenvalue weighted by Gasteiger charge is -2.21. The third-order valence-corrected chi connectivity index (χ3v) is 4.06. The Morgan fingerprint density at radius 1 is 1.29 bits per heavy atom. The minimum Gasteiger partial charge on any atom is -0.480 e. The second-order valence-electron chi connectivity index (χ2n) is 4.90. The second-order valence-corrected chi connectivity index (χ2v) is 4.90. The van der Waals surface area contributed by atoms with Crippen LogP contribution in [0.4, 0.5) is 0 Å². The van der Waals surface area contributed by atoms with Crippen molar-refractivity contribution in [1.82, 2.24) is 4.90 Å². The van der Waals surface area contributed by atoms with Gasteiger partial charge < -0.3 is 9.84 Å². The fraction of sp³-hybridized carbons (Fsp3) is 0.727. The lowest BCUT2D eigenvalue weighted by Crippen LogP contribution is -2.45. The number of hydrogen-bond acceptors (Lipinski definition) is 4. The number of amides is 2. The first-order valence-electron chi connectivity index (χ1n) is 5.77. The molecule has 0 aromatic heterocycles. The van der Waals surface area contributed by atoms with Crippen molar-refractivity contribution < 1.29 is 24.2 Å². The Morgan fingerprint density at radius 2 is 1.76 bits per heavy atom. The van der Waals surface area contributed by atoms with Crippen molar-refractivity contribution in [3.8, 4) is 0 Å². The smallest absolute Gasteiger partial charge is 0.326 e. The maximum absolute atomic E-state index is 12.1. The average Bonchev–Trinajstić information content (AvgIpc) is 2.92. The van der Waals surface area contributed by atoms with Gasteiger partial charge in [-0.2, -0.15) is 0 Å². The molecule has 0 aromatic rings. The molecule has 3 rings (SSSR count). The average molecular weight is 239 g/mol. The maximum atomic E-state index is 12.1. The summed E-state index contributed by atoms with van der Waals surface area (Å²) in [5, 5.41) is 8.91. The summed E-state index contributed by atoms with van der Waals surface area (Å²) in [5.41, 5.74) is 0. The number of carboxylic acid groups (broad SMARTS) is 1. The summed E-state index contributed by atoms with van der Waals surface area (Å²) in [7, 11) is 0. The van der Waals surface area contributed by atoms with Gasteiger partial charge in [-0.3, -0.25) is 14.5 Å². The molecule has 6 heteroatoms. The zero-order valence-corrected chi connectivity index (χ0v) is 9.33. The number of hydrogen-bond donors (Lipinski definition) is 1. The van der Waals surface area contributed by atoms with Crippen LogP contribution in [0.1, 0.15) is 19.8 Å². The van der Waals surface area contributed by atoms with Gasteiger partial charge in [-0.15, -0.1) is 0 Å². The third-order valence-electron chi connectivity index (χ3n) is 4.06. The molecule has 0 saturated carbocycles. The SMILES string of the molecule is C[C@@H](C(=O)O)N1C(=O)[C@@H]2[C@H](C1=O)[C@H]1CC[C@H]2O1. The molecule has 1 N–H and O–H groups in total. The van der Waals surface area contributed by atoms with Gasteiger partial charge in [-0.05, 0) is 19.8 Å². The van der Waals surface area contributed by atoms with Crippen molar-refractivity contribution in [3.05, 3.63) is 0 Å². The third kappa shape index (κ3) is 1.21. The van der Waals surface area contributed by atoms with E-state index in [4.69, 9.17) is 9.84 Å². The molecule has 0 aromatic carbocycles. The van der Waals surface area contributed by atoms with Crippen molar-refractivity contribution in [3.63, 3.8) is 0 Å². The lowest BCUT2D eigenvalue weighted by atomic mass is 9.81. The molecule has 6 nitrogen and oxygen atoms in total. The standard InChI is InChI=1S/C11H13NO5/c1-4(11(15)16)12-9(13)7-5-2-3-6(17-5)8(7)10(12)14/h4-8H,2-3H2,1H3,(H,15,16)/t4-,5+,6+,7-,8+/m0/s1. The minimum absolute atomic E-state index is 0.188. The molecular formula is C11H13NO5. The van der Waals surface area contributed by atoms with Crippen molar-refractivity contribution >= 4 is 17.8 Å². The van der Waals surface area contributed by atoms with Gasteiger partial charge in [0, 0.05) is 0 Å². The second kappa shape index (κ2) is 3.29. The van der Waals surface area contributed by atoms with Crippen LogP contribution < -0.4 is 0 Å². The highest BCUT2D eigenvalue weighted by Gasteiger charge is 2.63. The zero-order valence-electron chi connectivity index (χ0n) is 9.33. The van der Waals surface area contributed by atoms with Gasteiger partial charge in [-0.1, -0.05) is 0 Å². The van der Waals surface area contributed by atoms with Crippen LogP contribution in [-0.2, 0) is 19.1 Å². The normalized spacial score (nSPS) is 40.9. The number of imide groups is 1. The first-order chi connectivity index (χ1) is 8.02. The largest absolute Gasteiger partial charge is 0.480 e. The summed E-state index contributed by atoms with van der Waals surface area (Å²) in [6.45, 7) is 1.36. The summed E-state index contributed by atoms with van der Waals surface area (Å²) in [6.07, 6.45) is 1.21. The van der Waals surface area contributed by atoms with Crippen LogP contribution in [-0.4, -0.2) is 46.0 Å². The van der Waals surface area contributed by atoms with E-state index < -0.39 is 23.8 Å². The number of rotatable bonds is 2. The molecule has 3 heterocycles. The van der Waals surface area contributed by atoms with E-state index in [9.17, 15) is 14.4 Å². The monoisotopic (exact) mass is 239 g/mol. The van der Waals surface area contributed by atoms with E-state index in [1.54, 1.807) is 0 Å². The summed E-state index contributed by atoms with van der Waals surface area (Å²) in [4.78, 5) is 36.0. The number of carboxylic acids is 1. The molecule has 0 radical (unpaired) electrons. The topological polar surface area (TPSA) is 83.9 Å². The van der Waals surface area contributed by atoms with Crippen LogP contribution in [0, 0.1) is 11.8 Å². The Balaban J connectivity index is 1.93.